The molecule has 0 saturated carbocycles. The van der Waals surface area contributed by atoms with Gasteiger partial charge in [0.2, 0.25) is 0 Å². The third-order valence-corrected chi connectivity index (χ3v) is 5.55. The van der Waals surface area contributed by atoms with E-state index in [-0.39, 0.29) is 18.0 Å². The van der Waals surface area contributed by atoms with Gasteiger partial charge in [-0.05, 0) is 43.7 Å². The van der Waals surface area contributed by atoms with Crippen LogP contribution in [0.5, 0.6) is 0 Å². The Morgan fingerprint density at radius 1 is 1.04 bits per heavy atom. The molecular weight excluding hydrogens is 405 g/mol. The molecule has 0 bridgehead atoms. The van der Waals surface area contributed by atoms with Crippen LogP contribution in [0.2, 0.25) is 15.1 Å². The van der Waals surface area contributed by atoms with Gasteiger partial charge in [0.05, 0.1) is 11.7 Å². The van der Waals surface area contributed by atoms with Crippen LogP contribution >= 0.6 is 34.8 Å². The highest BCUT2D eigenvalue weighted by atomic mass is 35.5. The highest BCUT2D eigenvalue weighted by molar-refractivity contribution is 6.35. The summed E-state index contributed by atoms with van der Waals surface area (Å²) >= 11 is 18.6. The molecule has 1 N–H and O–H groups in total. The Balaban J connectivity index is 1.94. The monoisotopic (exact) mass is 419 g/mol. The lowest BCUT2D eigenvalue weighted by Gasteiger charge is -2.30. The molecule has 0 fully saturated rings. The van der Waals surface area contributed by atoms with Gasteiger partial charge in [-0.2, -0.15) is 5.10 Å². The number of benzene rings is 2. The molecule has 1 aliphatic heterocycles. The van der Waals surface area contributed by atoms with E-state index in [1.54, 1.807) is 24.3 Å². The molecule has 3 aromatic rings. The summed E-state index contributed by atoms with van der Waals surface area (Å²) in [4.78, 5) is 14.9. The van der Waals surface area contributed by atoms with Crippen LogP contribution < -0.4 is 0 Å². The second-order valence-electron chi connectivity index (χ2n) is 6.74. The summed E-state index contributed by atoms with van der Waals surface area (Å²) < 4.78 is 0. The van der Waals surface area contributed by atoms with E-state index in [0.717, 1.165) is 16.7 Å². The van der Waals surface area contributed by atoms with Gasteiger partial charge in [-0.25, -0.2) is 0 Å². The van der Waals surface area contributed by atoms with Crippen molar-refractivity contribution in [1.82, 2.24) is 15.1 Å². The first-order valence-electron chi connectivity index (χ1n) is 8.50. The van der Waals surface area contributed by atoms with Crippen molar-refractivity contribution in [3.8, 4) is 11.3 Å². The van der Waals surface area contributed by atoms with E-state index in [1.165, 1.54) is 0 Å². The highest BCUT2D eigenvalue weighted by Crippen LogP contribution is 2.45. The number of aromatic nitrogens is 2. The number of carbonyl (C=O) groups is 1. The van der Waals surface area contributed by atoms with Crippen LogP contribution in [0, 0.1) is 0 Å². The number of amides is 1. The standard InChI is InChI=1S/C20H16Cl3N3O/c1-10(2)26-19(14-8-7-13(22)9-15(14)23)16-17(24-25-18(16)20(26)27)11-3-5-12(21)6-4-11/h3-10,19H,1-2H3,(H,24,25). The summed E-state index contributed by atoms with van der Waals surface area (Å²) in [5.41, 5.74) is 3.72. The number of nitrogens with one attached hydrogen (secondary N) is 1. The molecule has 4 nitrogen and oxygen atoms in total. The van der Waals surface area contributed by atoms with Crippen LogP contribution in [-0.2, 0) is 0 Å². The van der Waals surface area contributed by atoms with Crippen molar-refractivity contribution >= 4 is 40.7 Å². The first-order chi connectivity index (χ1) is 12.9. The average molecular weight is 421 g/mol. The van der Waals surface area contributed by atoms with Gasteiger partial charge in [0, 0.05) is 32.2 Å². The van der Waals surface area contributed by atoms with Crippen LogP contribution in [0.3, 0.4) is 0 Å². The number of fused-ring (bicyclic) bond motifs is 1. The zero-order valence-electron chi connectivity index (χ0n) is 14.6. The summed E-state index contributed by atoms with van der Waals surface area (Å²) in [5.74, 6) is -0.0938. The van der Waals surface area contributed by atoms with E-state index in [0.29, 0.717) is 26.5 Å². The van der Waals surface area contributed by atoms with Crippen molar-refractivity contribution < 1.29 is 4.79 Å². The third-order valence-electron chi connectivity index (χ3n) is 4.74. The minimum atomic E-state index is -0.346. The lowest BCUT2D eigenvalue weighted by molar-refractivity contribution is 0.0688. The van der Waals surface area contributed by atoms with E-state index >= 15 is 0 Å². The molecule has 4 rings (SSSR count). The van der Waals surface area contributed by atoms with Crippen molar-refractivity contribution in [3.05, 3.63) is 74.4 Å². The van der Waals surface area contributed by atoms with Gasteiger partial charge < -0.3 is 4.90 Å². The Morgan fingerprint density at radius 2 is 1.70 bits per heavy atom. The minimum absolute atomic E-state index is 0.0203. The quantitative estimate of drug-likeness (QED) is 0.565. The highest BCUT2D eigenvalue weighted by Gasteiger charge is 2.44. The summed E-state index contributed by atoms with van der Waals surface area (Å²) in [7, 11) is 0. The second-order valence-corrected chi connectivity index (χ2v) is 8.02. The SMILES string of the molecule is CC(C)N1C(=O)c2[nH]nc(-c3ccc(Cl)cc3)c2C1c1ccc(Cl)cc1Cl. The van der Waals surface area contributed by atoms with Crippen molar-refractivity contribution in [2.45, 2.75) is 25.9 Å². The molecule has 0 spiro atoms. The van der Waals surface area contributed by atoms with Crippen LogP contribution in [0.25, 0.3) is 11.3 Å². The van der Waals surface area contributed by atoms with E-state index in [9.17, 15) is 4.79 Å². The molecular formula is C20H16Cl3N3O. The van der Waals surface area contributed by atoms with Crippen LogP contribution in [0.15, 0.2) is 42.5 Å². The summed E-state index contributed by atoms with van der Waals surface area (Å²) in [6.07, 6.45) is 0. The number of H-pyrrole nitrogens is 1. The van der Waals surface area contributed by atoms with Gasteiger partial charge in [-0.3, -0.25) is 9.89 Å². The van der Waals surface area contributed by atoms with Gasteiger partial charge in [0.1, 0.15) is 5.69 Å². The second kappa shape index (κ2) is 6.86. The molecule has 138 valence electrons. The maximum atomic E-state index is 13.1. The molecule has 1 aliphatic rings. The van der Waals surface area contributed by atoms with Gasteiger partial charge in [0.25, 0.3) is 5.91 Å². The summed E-state index contributed by atoms with van der Waals surface area (Å²) in [6.45, 7) is 3.96. The van der Waals surface area contributed by atoms with E-state index in [4.69, 9.17) is 34.8 Å². The third kappa shape index (κ3) is 3.02. The topological polar surface area (TPSA) is 49.0 Å². The number of halogens is 3. The molecule has 0 saturated heterocycles. The van der Waals surface area contributed by atoms with Crippen molar-refractivity contribution in [2.75, 3.05) is 0 Å². The zero-order valence-corrected chi connectivity index (χ0v) is 16.9. The molecule has 1 aromatic heterocycles. The maximum absolute atomic E-state index is 13.1. The smallest absolute Gasteiger partial charge is 0.273 e. The number of hydrogen-bond donors (Lipinski definition) is 1. The molecule has 0 aliphatic carbocycles. The zero-order chi connectivity index (χ0) is 19.3. The number of nitrogens with zero attached hydrogens (tertiary/aromatic N) is 2. The van der Waals surface area contributed by atoms with Gasteiger partial charge >= 0.3 is 0 Å². The van der Waals surface area contributed by atoms with Crippen LogP contribution in [0.4, 0.5) is 0 Å². The Bertz CT molecular complexity index is 1030. The van der Waals surface area contributed by atoms with E-state index in [1.807, 2.05) is 36.9 Å². The predicted octanol–water partition coefficient (Wildman–Crippen LogP) is 5.99. The Kier molecular flexibility index (Phi) is 4.66. The molecule has 7 heteroatoms. The van der Waals surface area contributed by atoms with Crippen molar-refractivity contribution in [2.24, 2.45) is 0 Å². The minimum Gasteiger partial charge on any atom is -0.324 e. The van der Waals surface area contributed by atoms with E-state index < -0.39 is 0 Å². The van der Waals surface area contributed by atoms with Crippen LogP contribution in [0.1, 0.15) is 41.5 Å². The van der Waals surface area contributed by atoms with Crippen molar-refractivity contribution in [1.29, 1.82) is 0 Å². The van der Waals surface area contributed by atoms with Gasteiger partial charge in [0.15, 0.2) is 0 Å². The molecule has 2 heterocycles. The average Bonchev–Trinajstić information content (AvgIpc) is 3.15. The number of hydrogen-bond acceptors (Lipinski definition) is 2. The van der Waals surface area contributed by atoms with Crippen LogP contribution in [-0.4, -0.2) is 27.0 Å². The number of aromatic amines is 1. The Morgan fingerprint density at radius 3 is 2.33 bits per heavy atom. The Hall–Kier alpha value is -2.01. The summed E-state index contributed by atoms with van der Waals surface area (Å²) in [5, 5.41) is 9.05. The van der Waals surface area contributed by atoms with Gasteiger partial charge in [-0.1, -0.05) is 53.0 Å². The fourth-order valence-corrected chi connectivity index (χ4v) is 4.19. The maximum Gasteiger partial charge on any atom is 0.273 e. The molecule has 1 atom stereocenters. The van der Waals surface area contributed by atoms with Gasteiger partial charge in [-0.15, -0.1) is 0 Å². The lowest BCUT2D eigenvalue weighted by atomic mass is 9.95. The fraction of sp³-hybridized carbons (Fsp3) is 0.200. The first kappa shape index (κ1) is 18.4. The number of carbonyl (C=O) groups excluding carboxylic acids is 1. The first-order valence-corrected chi connectivity index (χ1v) is 9.63. The predicted molar refractivity (Wildman–Crippen MR) is 109 cm³/mol. The van der Waals surface area contributed by atoms with Crippen molar-refractivity contribution in [3.63, 3.8) is 0 Å². The molecule has 1 amide bonds. The molecule has 0 radical (unpaired) electrons. The molecule has 1 unspecified atom stereocenters. The molecule has 2 aromatic carbocycles. The lowest BCUT2D eigenvalue weighted by Crippen LogP contribution is -2.35. The number of rotatable bonds is 3. The largest absolute Gasteiger partial charge is 0.324 e. The Labute approximate surface area is 172 Å². The summed E-state index contributed by atoms with van der Waals surface area (Å²) in [6, 6.07) is 12.4. The fourth-order valence-electron chi connectivity index (χ4n) is 3.55. The normalized spacial score (nSPS) is 16.3. The van der Waals surface area contributed by atoms with E-state index in [2.05, 4.69) is 10.2 Å². The molecule has 27 heavy (non-hydrogen) atoms.